The number of hydrogen-bond donors (Lipinski definition) is 1. The van der Waals surface area contributed by atoms with Crippen molar-refractivity contribution in [1.29, 1.82) is 0 Å². The van der Waals surface area contributed by atoms with Gasteiger partial charge in [-0.05, 0) is 80.1 Å². The third kappa shape index (κ3) is 3.68. The van der Waals surface area contributed by atoms with E-state index in [0.717, 1.165) is 44.3 Å². The molecule has 2 aromatic carbocycles. The topological polar surface area (TPSA) is 49.0 Å². The monoisotopic (exact) mass is 423 g/mol. The van der Waals surface area contributed by atoms with Gasteiger partial charge in [-0.3, -0.25) is 9.69 Å². The zero-order valence-corrected chi connectivity index (χ0v) is 17.3. The summed E-state index contributed by atoms with van der Waals surface area (Å²) in [5.41, 5.74) is 2.72. The molecule has 1 aliphatic carbocycles. The quantitative estimate of drug-likeness (QED) is 0.634. The highest BCUT2D eigenvalue weighted by molar-refractivity contribution is 6.35. The number of nitrogens with one attached hydrogen (secondary N) is 1. The van der Waals surface area contributed by atoms with E-state index in [1.807, 2.05) is 12.1 Å². The van der Waals surface area contributed by atoms with Crippen molar-refractivity contribution in [3.8, 4) is 0 Å². The largest absolute Gasteiger partial charge is 0.306 e. The minimum absolute atomic E-state index is 0.151. The molecule has 4 nitrogen and oxygen atoms in total. The van der Waals surface area contributed by atoms with Crippen molar-refractivity contribution >= 4 is 28.1 Å². The lowest BCUT2D eigenvalue weighted by Crippen LogP contribution is -2.39. The number of allylic oxidation sites excluding steroid dienone is 1. The fourth-order valence-corrected chi connectivity index (χ4v) is 4.98. The third-order valence-corrected chi connectivity index (χ3v) is 6.74. The van der Waals surface area contributed by atoms with E-state index >= 15 is 0 Å². The van der Waals surface area contributed by atoms with Crippen LogP contribution in [0.1, 0.15) is 43.0 Å². The van der Waals surface area contributed by atoms with Crippen LogP contribution in [0.5, 0.6) is 0 Å². The molecule has 0 radical (unpaired) electrons. The number of para-hydroxylation sites is 1. The normalized spacial score (nSPS) is 20.6. The molecule has 0 unspecified atom stereocenters. The molecule has 2 heterocycles. The van der Waals surface area contributed by atoms with Gasteiger partial charge >= 0.3 is 0 Å². The Kier molecular flexibility index (Phi) is 5.17. The summed E-state index contributed by atoms with van der Waals surface area (Å²) in [5.74, 6) is 0.943. The van der Waals surface area contributed by atoms with E-state index in [1.54, 1.807) is 30.3 Å². The average Bonchev–Trinajstić information content (AvgIpc) is 3.25. The molecule has 5 rings (SSSR count). The highest BCUT2D eigenvalue weighted by Gasteiger charge is 2.28. The molecule has 1 fully saturated rings. The van der Waals surface area contributed by atoms with E-state index < -0.39 is 0 Å². The summed E-state index contributed by atoms with van der Waals surface area (Å²) >= 11 is 6.27. The maximum absolute atomic E-state index is 13.2. The van der Waals surface area contributed by atoms with Crippen molar-refractivity contribution in [2.45, 2.75) is 37.6 Å². The number of hydrogen-bond acceptors (Lipinski definition) is 3. The van der Waals surface area contributed by atoms with Gasteiger partial charge in [0.2, 0.25) is 0 Å². The van der Waals surface area contributed by atoms with Crippen LogP contribution in [0.2, 0.25) is 5.02 Å². The highest BCUT2D eigenvalue weighted by atomic mass is 35.5. The number of aromatic amines is 1. The van der Waals surface area contributed by atoms with Crippen LogP contribution in [-0.2, 0) is 0 Å². The number of piperidine rings is 1. The molecule has 1 aromatic heterocycles. The predicted molar refractivity (Wildman–Crippen MR) is 118 cm³/mol. The first kappa shape index (κ1) is 19.5. The Morgan fingerprint density at radius 2 is 1.83 bits per heavy atom. The summed E-state index contributed by atoms with van der Waals surface area (Å²) < 4.78 is 13.2. The van der Waals surface area contributed by atoms with Crippen LogP contribution in [0.15, 0.2) is 53.3 Å². The SMILES string of the molecule is O=c1[nH]c(C2=C[C@@H](N3CCC(c4ccc(F)cc4)CC3)CC2)nc2c(Cl)cccc12. The number of nitrogens with zero attached hydrogens (tertiary/aromatic N) is 2. The van der Waals surface area contributed by atoms with Gasteiger partial charge in [-0.15, -0.1) is 0 Å². The second kappa shape index (κ2) is 7.97. The number of halogens is 2. The van der Waals surface area contributed by atoms with E-state index in [4.69, 9.17) is 11.6 Å². The van der Waals surface area contributed by atoms with Gasteiger partial charge in [-0.25, -0.2) is 9.37 Å². The minimum atomic E-state index is -0.179. The van der Waals surface area contributed by atoms with Crippen LogP contribution in [0.4, 0.5) is 4.39 Å². The van der Waals surface area contributed by atoms with Crippen molar-refractivity contribution in [2.24, 2.45) is 0 Å². The molecule has 0 amide bonds. The molecule has 0 bridgehead atoms. The molecule has 1 N–H and O–H groups in total. The van der Waals surface area contributed by atoms with E-state index in [-0.39, 0.29) is 11.4 Å². The first-order valence-electron chi connectivity index (χ1n) is 10.5. The lowest BCUT2D eigenvalue weighted by Gasteiger charge is -2.35. The van der Waals surface area contributed by atoms with Crippen LogP contribution in [0.25, 0.3) is 16.5 Å². The lowest BCUT2D eigenvalue weighted by molar-refractivity contribution is 0.176. The van der Waals surface area contributed by atoms with Gasteiger partial charge < -0.3 is 4.98 Å². The Balaban J connectivity index is 1.31. The van der Waals surface area contributed by atoms with Gasteiger partial charge in [-0.2, -0.15) is 0 Å². The van der Waals surface area contributed by atoms with Crippen molar-refractivity contribution < 1.29 is 4.39 Å². The summed E-state index contributed by atoms with van der Waals surface area (Å²) in [5, 5.41) is 1.02. The van der Waals surface area contributed by atoms with E-state index in [9.17, 15) is 9.18 Å². The van der Waals surface area contributed by atoms with Crippen LogP contribution < -0.4 is 5.56 Å². The maximum atomic E-state index is 13.2. The molecule has 2 aliphatic rings. The van der Waals surface area contributed by atoms with Gasteiger partial charge in [0.25, 0.3) is 5.56 Å². The van der Waals surface area contributed by atoms with Gasteiger partial charge in [-0.1, -0.05) is 35.9 Å². The fourth-order valence-electron chi connectivity index (χ4n) is 4.77. The highest BCUT2D eigenvalue weighted by Crippen LogP contribution is 2.34. The molecule has 3 aromatic rings. The molecule has 1 saturated heterocycles. The Morgan fingerprint density at radius 1 is 1.07 bits per heavy atom. The summed E-state index contributed by atoms with van der Waals surface area (Å²) in [6.07, 6.45) is 6.32. The number of H-pyrrole nitrogens is 1. The summed E-state index contributed by atoms with van der Waals surface area (Å²) in [6.45, 7) is 2.04. The first-order valence-corrected chi connectivity index (χ1v) is 10.9. The number of aromatic nitrogens is 2. The molecular formula is C24H23ClFN3O. The molecular weight excluding hydrogens is 401 g/mol. The zero-order valence-electron chi connectivity index (χ0n) is 16.6. The van der Waals surface area contributed by atoms with Crippen molar-refractivity contribution in [2.75, 3.05) is 13.1 Å². The number of likely N-dealkylation sites (tertiary alicyclic amines) is 1. The molecule has 154 valence electrons. The second-order valence-electron chi connectivity index (χ2n) is 8.21. The third-order valence-electron chi connectivity index (χ3n) is 6.43. The molecule has 6 heteroatoms. The molecule has 1 atom stereocenters. The van der Waals surface area contributed by atoms with E-state index in [1.165, 1.54) is 5.56 Å². The average molecular weight is 424 g/mol. The minimum Gasteiger partial charge on any atom is -0.306 e. The number of rotatable bonds is 3. The van der Waals surface area contributed by atoms with Gasteiger partial charge in [0, 0.05) is 6.04 Å². The lowest BCUT2D eigenvalue weighted by atomic mass is 9.89. The van der Waals surface area contributed by atoms with Crippen LogP contribution in [0.3, 0.4) is 0 Å². The second-order valence-corrected chi connectivity index (χ2v) is 8.62. The first-order chi connectivity index (χ1) is 14.6. The fraction of sp³-hybridized carbons (Fsp3) is 0.333. The molecule has 0 saturated carbocycles. The predicted octanol–water partition coefficient (Wildman–Crippen LogP) is 5.14. The zero-order chi connectivity index (χ0) is 20.7. The van der Waals surface area contributed by atoms with E-state index in [2.05, 4.69) is 20.9 Å². The molecule has 0 spiro atoms. The van der Waals surface area contributed by atoms with Gasteiger partial charge in [0.05, 0.1) is 15.9 Å². The van der Waals surface area contributed by atoms with Gasteiger partial charge in [0.15, 0.2) is 0 Å². The van der Waals surface area contributed by atoms with Gasteiger partial charge in [0.1, 0.15) is 11.6 Å². The molecule has 1 aliphatic heterocycles. The Morgan fingerprint density at radius 3 is 2.60 bits per heavy atom. The van der Waals surface area contributed by atoms with Crippen molar-refractivity contribution in [3.63, 3.8) is 0 Å². The standard InChI is InChI=1S/C24H23ClFN3O/c25-21-3-1-2-20-22(21)27-23(28-24(20)30)17-6-9-19(14-17)29-12-10-16(11-13-29)15-4-7-18(26)8-5-15/h1-5,7-8,14,16,19H,6,9-13H2,(H,27,28,30)/t19-/m0/s1. The smallest absolute Gasteiger partial charge is 0.259 e. The number of benzene rings is 2. The van der Waals surface area contributed by atoms with E-state index in [0.29, 0.717) is 33.7 Å². The maximum Gasteiger partial charge on any atom is 0.259 e. The Labute approximate surface area is 179 Å². The van der Waals surface area contributed by atoms with Crippen LogP contribution >= 0.6 is 11.6 Å². The summed E-state index contributed by atoms with van der Waals surface area (Å²) in [6, 6.07) is 12.6. The van der Waals surface area contributed by atoms with Crippen LogP contribution in [0, 0.1) is 5.82 Å². The Bertz CT molecular complexity index is 1160. The molecule has 30 heavy (non-hydrogen) atoms. The van der Waals surface area contributed by atoms with Crippen molar-refractivity contribution in [1.82, 2.24) is 14.9 Å². The number of fused-ring (bicyclic) bond motifs is 1. The summed E-state index contributed by atoms with van der Waals surface area (Å²) in [7, 11) is 0. The van der Waals surface area contributed by atoms with Crippen molar-refractivity contribution in [3.05, 3.63) is 81.1 Å². The summed E-state index contributed by atoms with van der Waals surface area (Å²) in [4.78, 5) is 22.6. The Hall–Kier alpha value is -2.50. The van der Waals surface area contributed by atoms with Crippen LogP contribution in [-0.4, -0.2) is 34.0 Å².